The molecule has 2 aliphatic rings. The van der Waals surface area contributed by atoms with Gasteiger partial charge in [0.15, 0.2) is 0 Å². The van der Waals surface area contributed by atoms with E-state index in [-0.39, 0.29) is 35.5 Å². The van der Waals surface area contributed by atoms with E-state index in [4.69, 9.17) is 9.47 Å². The molecule has 0 saturated carbocycles. The highest BCUT2D eigenvalue weighted by Crippen LogP contribution is 2.57. The van der Waals surface area contributed by atoms with Crippen LogP contribution >= 0.6 is 0 Å². The molecule has 5 nitrogen and oxygen atoms in total. The molecule has 1 aromatic rings. The van der Waals surface area contributed by atoms with Crippen LogP contribution in [0.15, 0.2) is 30.0 Å². The van der Waals surface area contributed by atoms with Gasteiger partial charge in [0, 0.05) is 30.9 Å². The minimum absolute atomic E-state index is 0.202. The highest BCUT2D eigenvalue weighted by molar-refractivity contribution is 5.84. The standard InChI is InChI=1S/C31H47NO4/c1-7-8-18-31-22-26(24(3)21-25-13-9-10-20-32-25)35-28(34)16-19-29(4,5)27(33)15-14-23(2)12-11-17-30(31,6)36-31/h9-10,13,20-21,23,26H,7-8,11-12,14-19,22H2,1-6H3. The monoisotopic (exact) mass is 497 g/mol. The lowest BCUT2D eigenvalue weighted by molar-refractivity contribution is -0.149. The van der Waals surface area contributed by atoms with Gasteiger partial charge in [-0.3, -0.25) is 14.6 Å². The Hall–Kier alpha value is -2.01. The summed E-state index contributed by atoms with van der Waals surface area (Å²) in [7, 11) is 0. The van der Waals surface area contributed by atoms with Gasteiger partial charge in [0.1, 0.15) is 17.5 Å². The summed E-state index contributed by atoms with van der Waals surface area (Å²) in [5.74, 6) is 0.502. The zero-order valence-electron chi connectivity index (χ0n) is 23.4. The molecule has 4 unspecified atom stereocenters. The van der Waals surface area contributed by atoms with Gasteiger partial charge in [-0.1, -0.05) is 59.4 Å². The molecule has 3 rings (SSSR count). The fraction of sp³-hybridized carbons (Fsp3) is 0.710. The van der Waals surface area contributed by atoms with Crippen molar-refractivity contribution in [1.82, 2.24) is 4.98 Å². The maximum Gasteiger partial charge on any atom is 0.306 e. The minimum atomic E-state index is -0.523. The molecule has 2 aliphatic heterocycles. The molecule has 4 atom stereocenters. The highest BCUT2D eigenvalue weighted by Gasteiger charge is 2.66. The number of unbranched alkanes of at least 4 members (excludes halogenated alkanes) is 1. The van der Waals surface area contributed by atoms with Gasteiger partial charge in [0.25, 0.3) is 0 Å². The van der Waals surface area contributed by atoms with Crippen LogP contribution in [0.2, 0.25) is 0 Å². The summed E-state index contributed by atoms with van der Waals surface area (Å²) >= 11 is 0. The summed E-state index contributed by atoms with van der Waals surface area (Å²) in [4.78, 5) is 30.4. The number of nitrogens with zero attached hydrogens (tertiary/aromatic N) is 1. The van der Waals surface area contributed by atoms with E-state index in [0.717, 1.165) is 56.2 Å². The molecule has 36 heavy (non-hydrogen) atoms. The lowest BCUT2D eigenvalue weighted by atomic mass is 9.79. The van der Waals surface area contributed by atoms with Crippen LogP contribution in [0.1, 0.15) is 118 Å². The number of epoxide rings is 1. The molecule has 200 valence electrons. The number of pyridine rings is 1. The fourth-order valence-corrected chi connectivity index (χ4v) is 5.62. The Bertz CT molecular complexity index is 924. The number of ketones is 1. The van der Waals surface area contributed by atoms with Gasteiger partial charge < -0.3 is 9.47 Å². The van der Waals surface area contributed by atoms with Gasteiger partial charge in [-0.25, -0.2) is 0 Å². The van der Waals surface area contributed by atoms with E-state index in [9.17, 15) is 9.59 Å². The first-order valence-electron chi connectivity index (χ1n) is 14.0. The first-order chi connectivity index (χ1) is 17.0. The maximum atomic E-state index is 13.1. The Morgan fingerprint density at radius 3 is 2.61 bits per heavy atom. The number of hydrogen-bond donors (Lipinski definition) is 0. The number of esters is 1. The molecule has 0 radical (unpaired) electrons. The van der Waals surface area contributed by atoms with Crippen molar-refractivity contribution in [3.8, 4) is 0 Å². The van der Waals surface area contributed by atoms with Crippen LogP contribution in [0.5, 0.6) is 0 Å². The number of Topliss-reactive ketones (excluding diaryl/α,β-unsaturated/α-hetero) is 1. The van der Waals surface area contributed by atoms with Gasteiger partial charge in [-0.05, 0) is 69.2 Å². The van der Waals surface area contributed by atoms with Crippen molar-refractivity contribution in [2.24, 2.45) is 11.3 Å². The predicted octanol–water partition coefficient (Wildman–Crippen LogP) is 7.48. The van der Waals surface area contributed by atoms with E-state index in [2.05, 4.69) is 25.8 Å². The molecule has 1 aromatic heterocycles. The molecule has 3 heterocycles. The third kappa shape index (κ3) is 7.27. The molecule has 0 bridgehead atoms. The number of aromatic nitrogens is 1. The van der Waals surface area contributed by atoms with Crippen molar-refractivity contribution in [1.29, 1.82) is 0 Å². The summed E-state index contributed by atoms with van der Waals surface area (Å²) in [6.07, 6.45) is 12.6. The van der Waals surface area contributed by atoms with Crippen LogP contribution in [0, 0.1) is 11.3 Å². The molecular formula is C31H47NO4. The number of rotatable bonds is 5. The summed E-state index contributed by atoms with van der Waals surface area (Å²) < 4.78 is 12.7. The van der Waals surface area contributed by atoms with Crippen molar-refractivity contribution >= 4 is 17.8 Å². The number of carbonyl (C=O) groups excluding carboxylic acids is 2. The maximum absolute atomic E-state index is 13.1. The topological polar surface area (TPSA) is 68.8 Å². The SMILES string of the molecule is CCCCC12CC(C(C)=Cc3ccccn3)OC(=O)CCC(C)(C)C(=O)CCC(C)CCCC1(C)O2. The Morgan fingerprint density at radius 2 is 1.92 bits per heavy atom. The minimum Gasteiger partial charge on any atom is -0.458 e. The zero-order valence-corrected chi connectivity index (χ0v) is 23.4. The third-order valence-corrected chi connectivity index (χ3v) is 8.56. The number of hydrogen-bond acceptors (Lipinski definition) is 5. The third-order valence-electron chi connectivity index (χ3n) is 8.56. The summed E-state index contributed by atoms with van der Waals surface area (Å²) in [5.41, 5.74) is 0.821. The molecule has 2 fully saturated rings. The van der Waals surface area contributed by atoms with Crippen LogP contribution in [-0.4, -0.2) is 34.0 Å². The fourth-order valence-electron chi connectivity index (χ4n) is 5.62. The first-order valence-corrected chi connectivity index (χ1v) is 14.0. The Morgan fingerprint density at radius 1 is 1.14 bits per heavy atom. The molecular weight excluding hydrogens is 450 g/mol. The van der Waals surface area contributed by atoms with E-state index in [1.807, 2.05) is 45.0 Å². The molecule has 0 aromatic carbocycles. The first kappa shape index (κ1) is 28.6. The number of ether oxygens (including phenoxy) is 2. The van der Waals surface area contributed by atoms with Crippen molar-refractivity contribution < 1.29 is 19.1 Å². The van der Waals surface area contributed by atoms with E-state index in [1.165, 1.54) is 0 Å². The average Bonchev–Trinajstić information content (AvgIpc) is 3.42. The van der Waals surface area contributed by atoms with Crippen molar-refractivity contribution in [2.75, 3.05) is 0 Å². The second kappa shape index (κ2) is 12.0. The normalized spacial score (nSPS) is 32.4. The van der Waals surface area contributed by atoms with Gasteiger partial charge in [0.05, 0.1) is 11.3 Å². The van der Waals surface area contributed by atoms with E-state index in [1.54, 1.807) is 6.20 Å². The van der Waals surface area contributed by atoms with Crippen LogP contribution in [0.3, 0.4) is 0 Å². The highest BCUT2D eigenvalue weighted by atomic mass is 16.6. The van der Waals surface area contributed by atoms with E-state index < -0.39 is 5.41 Å². The predicted molar refractivity (Wildman–Crippen MR) is 144 cm³/mol. The molecule has 0 aliphatic carbocycles. The lowest BCUT2D eigenvalue weighted by Crippen LogP contribution is -2.33. The van der Waals surface area contributed by atoms with Gasteiger partial charge in [-0.2, -0.15) is 0 Å². The zero-order chi connectivity index (χ0) is 26.4. The van der Waals surface area contributed by atoms with Crippen molar-refractivity contribution in [3.05, 3.63) is 35.7 Å². The molecule has 5 heteroatoms. The quantitative estimate of drug-likeness (QED) is 0.311. The Kier molecular flexibility index (Phi) is 9.54. The van der Waals surface area contributed by atoms with E-state index >= 15 is 0 Å². The molecule has 0 N–H and O–H groups in total. The summed E-state index contributed by atoms with van der Waals surface area (Å²) in [6.45, 7) is 12.6. The van der Waals surface area contributed by atoms with Crippen molar-refractivity contribution in [2.45, 2.75) is 129 Å². The average molecular weight is 498 g/mol. The van der Waals surface area contributed by atoms with Gasteiger partial charge >= 0.3 is 5.97 Å². The largest absolute Gasteiger partial charge is 0.458 e. The molecule has 2 saturated heterocycles. The van der Waals surface area contributed by atoms with Gasteiger partial charge in [0.2, 0.25) is 0 Å². The number of fused-ring (bicyclic) bond motifs is 1. The molecule has 0 spiro atoms. The molecule has 0 amide bonds. The number of cyclic esters (lactones) is 1. The number of carbonyl (C=O) groups is 2. The summed E-state index contributed by atoms with van der Waals surface area (Å²) in [5, 5.41) is 0. The van der Waals surface area contributed by atoms with Crippen LogP contribution in [-0.2, 0) is 19.1 Å². The Balaban J connectivity index is 1.89. The van der Waals surface area contributed by atoms with Crippen molar-refractivity contribution in [3.63, 3.8) is 0 Å². The lowest BCUT2D eigenvalue weighted by Gasteiger charge is -2.27. The smallest absolute Gasteiger partial charge is 0.306 e. The Labute approximate surface area is 218 Å². The van der Waals surface area contributed by atoms with Crippen LogP contribution in [0.25, 0.3) is 6.08 Å². The van der Waals surface area contributed by atoms with Crippen LogP contribution in [0.4, 0.5) is 0 Å². The second-order valence-electron chi connectivity index (χ2n) is 12.1. The van der Waals surface area contributed by atoms with Gasteiger partial charge in [-0.15, -0.1) is 0 Å². The second-order valence-corrected chi connectivity index (χ2v) is 12.1. The van der Waals surface area contributed by atoms with Crippen LogP contribution < -0.4 is 0 Å². The van der Waals surface area contributed by atoms with E-state index in [0.29, 0.717) is 25.2 Å². The summed E-state index contributed by atoms with van der Waals surface area (Å²) in [6, 6.07) is 5.81.